The van der Waals surface area contributed by atoms with Crippen molar-refractivity contribution >= 4 is 5.91 Å². The van der Waals surface area contributed by atoms with Crippen LogP contribution in [0.25, 0.3) is 11.4 Å². The number of aryl methyl sites for hydroxylation is 1. The molecule has 0 spiro atoms. The zero-order chi connectivity index (χ0) is 15.7. The summed E-state index contributed by atoms with van der Waals surface area (Å²) in [5, 5.41) is 14.9. The molecule has 0 unspecified atom stereocenters. The number of hydrogen-bond donors (Lipinski definition) is 1. The Hall–Kier alpha value is -2.31. The molecule has 1 atom stereocenters. The van der Waals surface area contributed by atoms with Gasteiger partial charge in [0, 0.05) is 11.6 Å². The molecule has 1 aliphatic carbocycles. The van der Waals surface area contributed by atoms with Gasteiger partial charge in [-0.25, -0.2) is 4.39 Å². The summed E-state index contributed by atoms with van der Waals surface area (Å²) in [5.74, 6) is 0.583. The monoisotopic (exact) mass is 303 g/mol. The normalized spacial score (nSPS) is 15.6. The fraction of sp³-hybridized carbons (Fsp3) is 0.467. The molecule has 0 radical (unpaired) electrons. The molecule has 0 saturated heterocycles. The molecule has 1 saturated carbocycles. The van der Waals surface area contributed by atoms with E-state index in [0.717, 1.165) is 0 Å². The molecule has 0 aliphatic heterocycles. The van der Waals surface area contributed by atoms with Crippen molar-refractivity contribution < 1.29 is 9.18 Å². The lowest BCUT2D eigenvalue weighted by Crippen LogP contribution is -2.36. The van der Waals surface area contributed by atoms with Gasteiger partial charge in [-0.2, -0.15) is 4.80 Å². The Morgan fingerprint density at radius 2 is 2.27 bits per heavy atom. The molecule has 3 rings (SSSR count). The summed E-state index contributed by atoms with van der Waals surface area (Å²) in [6.45, 7) is 3.72. The third-order valence-electron chi connectivity index (χ3n) is 3.87. The molecule has 1 aliphatic rings. The lowest BCUT2D eigenvalue weighted by Gasteiger charge is -2.11. The highest BCUT2D eigenvalue weighted by atomic mass is 19.1. The standard InChI is InChI=1S/C15H18FN5O/c1-9-7-12(5-6-13(9)16)15-18-20-21(19-15)8-14(22)17-10(2)11-3-4-11/h5-7,10-11H,3-4,8H2,1-2H3,(H,17,22)/t10-/m0/s1. The van der Waals surface area contributed by atoms with E-state index in [2.05, 4.69) is 20.7 Å². The second kappa shape index (κ2) is 5.82. The molecular formula is C15H18FN5O. The number of halogens is 1. The van der Waals surface area contributed by atoms with Crippen LogP contribution in [0.2, 0.25) is 0 Å². The molecule has 7 heteroatoms. The van der Waals surface area contributed by atoms with Crippen LogP contribution in [0.4, 0.5) is 4.39 Å². The number of hydrogen-bond acceptors (Lipinski definition) is 4. The predicted octanol–water partition coefficient (Wildman–Crippen LogP) is 1.70. The summed E-state index contributed by atoms with van der Waals surface area (Å²) >= 11 is 0. The van der Waals surface area contributed by atoms with E-state index in [1.54, 1.807) is 19.1 Å². The predicted molar refractivity (Wildman–Crippen MR) is 78.3 cm³/mol. The fourth-order valence-corrected chi connectivity index (χ4v) is 2.35. The summed E-state index contributed by atoms with van der Waals surface area (Å²) in [6.07, 6.45) is 2.36. The van der Waals surface area contributed by atoms with Crippen LogP contribution in [-0.2, 0) is 11.3 Å². The molecule has 1 heterocycles. The van der Waals surface area contributed by atoms with E-state index in [9.17, 15) is 9.18 Å². The van der Waals surface area contributed by atoms with E-state index in [1.807, 2.05) is 6.92 Å². The average molecular weight is 303 g/mol. The van der Waals surface area contributed by atoms with E-state index in [4.69, 9.17) is 0 Å². The highest BCUT2D eigenvalue weighted by Gasteiger charge is 2.28. The molecule has 2 aromatic rings. The number of aromatic nitrogens is 4. The first-order valence-corrected chi connectivity index (χ1v) is 7.36. The minimum absolute atomic E-state index is 0.0320. The zero-order valence-electron chi connectivity index (χ0n) is 12.6. The number of tetrazole rings is 1. The quantitative estimate of drug-likeness (QED) is 0.912. The summed E-state index contributed by atoms with van der Waals surface area (Å²) < 4.78 is 13.3. The number of amides is 1. The third-order valence-corrected chi connectivity index (χ3v) is 3.87. The topological polar surface area (TPSA) is 72.7 Å². The first-order chi connectivity index (χ1) is 10.5. The van der Waals surface area contributed by atoms with Gasteiger partial charge in [0.15, 0.2) is 0 Å². The average Bonchev–Trinajstić information content (AvgIpc) is 3.23. The Balaban J connectivity index is 1.65. The SMILES string of the molecule is Cc1cc(-c2nnn(CC(=O)N[C@@H](C)C3CC3)n2)ccc1F. The van der Waals surface area contributed by atoms with E-state index >= 15 is 0 Å². The van der Waals surface area contributed by atoms with Crippen molar-refractivity contribution in [2.75, 3.05) is 0 Å². The first kappa shape index (κ1) is 14.6. The summed E-state index contributed by atoms with van der Waals surface area (Å²) in [7, 11) is 0. The number of benzene rings is 1. The van der Waals surface area contributed by atoms with E-state index in [0.29, 0.717) is 22.9 Å². The van der Waals surface area contributed by atoms with Crippen LogP contribution >= 0.6 is 0 Å². The largest absolute Gasteiger partial charge is 0.352 e. The molecule has 1 N–H and O–H groups in total. The Labute approximate surface area is 127 Å². The van der Waals surface area contributed by atoms with E-state index < -0.39 is 0 Å². The highest BCUT2D eigenvalue weighted by molar-refractivity contribution is 5.75. The van der Waals surface area contributed by atoms with Crippen molar-refractivity contribution in [3.63, 3.8) is 0 Å². The minimum atomic E-state index is -0.274. The van der Waals surface area contributed by atoms with Crippen LogP contribution in [0.3, 0.4) is 0 Å². The van der Waals surface area contributed by atoms with Crippen molar-refractivity contribution in [1.29, 1.82) is 0 Å². The molecule has 1 amide bonds. The van der Waals surface area contributed by atoms with Crippen LogP contribution in [0.15, 0.2) is 18.2 Å². The molecule has 1 aromatic heterocycles. The lowest BCUT2D eigenvalue weighted by molar-refractivity contribution is -0.122. The Morgan fingerprint density at radius 3 is 2.95 bits per heavy atom. The van der Waals surface area contributed by atoms with Crippen LogP contribution in [0.1, 0.15) is 25.3 Å². The van der Waals surface area contributed by atoms with Gasteiger partial charge in [-0.15, -0.1) is 10.2 Å². The van der Waals surface area contributed by atoms with Gasteiger partial charge in [0.2, 0.25) is 11.7 Å². The molecule has 6 nitrogen and oxygen atoms in total. The van der Waals surface area contributed by atoms with Crippen molar-refractivity contribution in [3.8, 4) is 11.4 Å². The van der Waals surface area contributed by atoms with Gasteiger partial charge in [-0.1, -0.05) is 0 Å². The van der Waals surface area contributed by atoms with Gasteiger partial charge in [-0.05, 0) is 61.6 Å². The summed E-state index contributed by atoms with van der Waals surface area (Å²) in [5.41, 5.74) is 1.20. The van der Waals surface area contributed by atoms with Crippen LogP contribution < -0.4 is 5.32 Å². The van der Waals surface area contributed by atoms with Crippen molar-refractivity contribution in [2.24, 2.45) is 5.92 Å². The first-order valence-electron chi connectivity index (χ1n) is 7.36. The maximum absolute atomic E-state index is 13.3. The Bertz CT molecular complexity index is 695. The number of rotatable bonds is 5. The van der Waals surface area contributed by atoms with Crippen molar-refractivity contribution in [3.05, 3.63) is 29.6 Å². The smallest absolute Gasteiger partial charge is 0.243 e. The summed E-state index contributed by atoms with van der Waals surface area (Å²) in [4.78, 5) is 13.2. The zero-order valence-corrected chi connectivity index (χ0v) is 12.6. The maximum atomic E-state index is 13.3. The molecule has 1 aromatic carbocycles. The Kier molecular flexibility index (Phi) is 3.87. The lowest BCUT2D eigenvalue weighted by atomic mass is 10.1. The van der Waals surface area contributed by atoms with Crippen LogP contribution in [0, 0.1) is 18.7 Å². The second-order valence-corrected chi connectivity index (χ2v) is 5.80. The summed E-state index contributed by atoms with van der Waals surface area (Å²) in [6, 6.07) is 4.82. The van der Waals surface area contributed by atoms with Gasteiger partial charge in [0.25, 0.3) is 0 Å². The number of nitrogens with zero attached hydrogens (tertiary/aromatic N) is 4. The van der Waals surface area contributed by atoms with Gasteiger partial charge >= 0.3 is 0 Å². The molecule has 1 fully saturated rings. The van der Waals surface area contributed by atoms with Gasteiger partial charge in [0.1, 0.15) is 12.4 Å². The number of carbonyl (C=O) groups is 1. The van der Waals surface area contributed by atoms with Crippen LogP contribution in [-0.4, -0.2) is 32.2 Å². The third kappa shape index (κ3) is 3.29. The van der Waals surface area contributed by atoms with E-state index in [1.165, 1.54) is 23.7 Å². The number of nitrogens with one attached hydrogen (secondary N) is 1. The van der Waals surface area contributed by atoms with Gasteiger partial charge in [0.05, 0.1) is 0 Å². The van der Waals surface area contributed by atoms with Crippen molar-refractivity contribution in [1.82, 2.24) is 25.5 Å². The Morgan fingerprint density at radius 1 is 1.50 bits per heavy atom. The fourth-order valence-electron chi connectivity index (χ4n) is 2.35. The molecule has 0 bridgehead atoms. The van der Waals surface area contributed by atoms with Gasteiger partial charge < -0.3 is 5.32 Å². The van der Waals surface area contributed by atoms with Crippen molar-refractivity contribution in [2.45, 2.75) is 39.3 Å². The molecular weight excluding hydrogens is 285 g/mol. The van der Waals surface area contributed by atoms with Crippen LogP contribution in [0.5, 0.6) is 0 Å². The molecule has 22 heavy (non-hydrogen) atoms. The van der Waals surface area contributed by atoms with E-state index in [-0.39, 0.29) is 24.3 Å². The van der Waals surface area contributed by atoms with Gasteiger partial charge in [-0.3, -0.25) is 4.79 Å². The number of carbonyl (C=O) groups excluding carboxylic acids is 1. The minimum Gasteiger partial charge on any atom is -0.352 e. The highest BCUT2D eigenvalue weighted by Crippen LogP contribution is 2.32. The second-order valence-electron chi connectivity index (χ2n) is 5.80. The molecule has 116 valence electrons. The maximum Gasteiger partial charge on any atom is 0.243 e.